The van der Waals surface area contributed by atoms with E-state index in [1.165, 1.54) is 0 Å². The molecule has 0 spiro atoms. The number of carboxylic acid groups (broad SMARTS) is 1. The van der Waals surface area contributed by atoms with Gasteiger partial charge in [0.25, 0.3) is 0 Å². The summed E-state index contributed by atoms with van der Waals surface area (Å²) in [7, 11) is 1.65. The molecule has 6 nitrogen and oxygen atoms in total. The van der Waals surface area contributed by atoms with Crippen LogP contribution in [0.25, 0.3) is 0 Å². The van der Waals surface area contributed by atoms with Gasteiger partial charge < -0.3 is 20.5 Å². The van der Waals surface area contributed by atoms with Crippen LogP contribution in [0, 0.1) is 17.3 Å². The van der Waals surface area contributed by atoms with E-state index in [9.17, 15) is 9.59 Å². The van der Waals surface area contributed by atoms with Gasteiger partial charge in [-0.15, -0.1) is 0 Å². The normalized spacial score (nSPS) is 13.1. The standard InChI is InChI=1S/C14H28N2O4/c1-10(2)11(12(17)18)8-15-13(19)16-9-14(3,4)6-7-20-5/h10-11H,6-9H2,1-5H3,(H,17,18)(H2,15,16,19). The zero-order valence-corrected chi connectivity index (χ0v) is 13.2. The number of amides is 2. The molecule has 0 aromatic heterocycles. The Balaban J connectivity index is 4.08. The quantitative estimate of drug-likeness (QED) is 0.602. The molecule has 0 bridgehead atoms. The summed E-state index contributed by atoms with van der Waals surface area (Å²) in [5.41, 5.74) is -0.0579. The lowest BCUT2D eigenvalue weighted by Gasteiger charge is -2.25. The van der Waals surface area contributed by atoms with Gasteiger partial charge in [0, 0.05) is 26.8 Å². The van der Waals surface area contributed by atoms with Crippen LogP contribution in [-0.2, 0) is 9.53 Å². The first-order valence-electron chi connectivity index (χ1n) is 6.93. The van der Waals surface area contributed by atoms with Crippen LogP contribution in [0.2, 0.25) is 0 Å². The largest absolute Gasteiger partial charge is 0.481 e. The molecule has 1 atom stereocenters. The van der Waals surface area contributed by atoms with Crippen LogP contribution in [0.4, 0.5) is 4.79 Å². The number of aliphatic carboxylic acids is 1. The second kappa shape index (κ2) is 8.79. The molecule has 3 N–H and O–H groups in total. The second-order valence-electron chi connectivity index (χ2n) is 6.16. The molecular weight excluding hydrogens is 260 g/mol. The van der Waals surface area contributed by atoms with Crippen LogP contribution >= 0.6 is 0 Å². The van der Waals surface area contributed by atoms with E-state index in [1.54, 1.807) is 7.11 Å². The molecule has 0 rings (SSSR count). The van der Waals surface area contributed by atoms with Crippen molar-refractivity contribution in [2.24, 2.45) is 17.3 Å². The van der Waals surface area contributed by atoms with Crippen LogP contribution in [0.5, 0.6) is 0 Å². The van der Waals surface area contributed by atoms with Crippen LogP contribution in [0.1, 0.15) is 34.1 Å². The molecule has 0 radical (unpaired) electrons. The second-order valence-corrected chi connectivity index (χ2v) is 6.16. The SMILES string of the molecule is COCCC(C)(C)CNC(=O)NCC(C(=O)O)C(C)C. The smallest absolute Gasteiger partial charge is 0.314 e. The topological polar surface area (TPSA) is 87.7 Å². The average Bonchev–Trinajstić information content (AvgIpc) is 2.33. The van der Waals surface area contributed by atoms with Crippen molar-refractivity contribution in [2.75, 3.05) is 26.8 Å². The van der Waals surface area contributed by atoms with Gasteiger partial charge in [-0.1, -0.05) is 27.7 Å². The molecule has 0 aromatic rings. The summed E-state index contributed by atoms with van der Waals surface area (Å²) in [6, 6.07) is -0.331. The Morgan fingerprint density at radius 2 is 1.85 bits per heavy atom. The van der Waals surface area contributed by atoms with Gasteiger partial charge in [-0.2, -0.15) is 0 Å². The first-order chi connectivity index (χ1) is 9.19. The number of rotatable bonds is 9. The van der Waals surface area contributed by atoms with Gasteiger partial charge in [0.2, 0.25) is 0 Å². The van der Waals surface area contributed by atoms with E-state index < -0.39 is 11.9 Å². The molecule has 0 aromatic carbocycles. The summed E-state index contributed by atoms with van der Waals surface area (Å²) in [5, 5.41) is 14.4. The van der Waals surface area contributed by atoms with Gasteiger partial charge in [0.15, 0.2) is 0 Å². The van der Waals surface area contributed by atoms with Gasteiger partial charge in [0.05, 0.1) is 5.92 Å². The molecule has 0 heterocycles. The maximum absolute atomic E-state index is 11.7. The summed E-state index contributed by atoms with van der Waals surface area (Å²) in [6.07, 6.45) is 0.841. The first kappa shape index (κ1) is 18.7. The summed E-state index contributed by atoms with van der Waals surface area (Å²) in [4.78, 5) is 22.7. The van der Waals surface area contributed by atoms with Crippen molar-refractivity contribution in [3.63, 3.8) is 0 Å². The van der Waals surface area contributed by atoms with E-state index in [2.05, 4.69) is 10.6 Å². The molecule has 0 aliphatic heterocycles. The highest BCUT2D eigenvalue weighted by atomic mass is 16.5. The summed E-state index contributed by atoms with van der Waals surface area (Å²) < 4.78 is 5.02. The molecular formula is C14H28N2O4. The number of hydrogen-bond donors (Lipinski definition) is 3. The highest BCUT2D eigenvalue weighted by Crippen LogP contribution is 2.18. The summed E-state index contributed by atoms with van der Waals surface area (Å²) >= 11 is 0. The van der Waals surface area contributed by atoms with Crippen LogP contribution in [0.3, 0.4) is 0 Å². The number of ether oxygens (including phenoxy) is 1. The number of nitrogens with one attached hydrogen (secondary N) is 2. The molecule has 20 heavy (non-hydrogen) atoms. The maximum Gasteiger partial charge on any atom is 0.314 e. The lowest BCUT2D eigenvalue weighted by atomic mass is 9.90. The Bertz CT molecular complexity index is 316. The molecule has 0 aliphatic rings. The Morgan fingerprint density at radius 3 is 2.30 bits per heavy atom. The van der Waals surface area contributed by atoms with E-state index in [0.717, 1.165) is 6.42 Å². The third kappa shape index (κ3) is 7.99. The summed E-state index contributed by atoms with van der Waals surface area (Å²) in [5.74, 6) is -1.48. The van der Waals surface area contributed by atoms with Crippen molar-refractivity contribution in [1.82, 2.24) is 10.6 Å². The molecule has 118 valence electrons. The van der Waals surface area contributed by atoms with Crippen molar-refractivity contribution >= 4 is 12.0 Å². The van der Waals surface area contributed by atoms with E-state index >= 15 is 0 Å². The third-order valence-electron chi connectivity index (χ3n) is 3.31. The highest BCUT2D eigenvalue weighted by Gasteiger charge is 2.23. The van der Waals surface area contributed by atoms with Gasteiger partial charge in [-0.25, -0.2) is 4.79 Å². The zero-order chi connectivity index (χ0) is 15.8. The zero-order valence-electron chi connectivity index (χ0n) is 13.2. The number of carbonyl (C=O) groups is 2. The molecule has 1 unspecified atom stereocenters. The number of urea groups is 1. The van der Waals surface area contributed by atoms with Crippen molar-refractivity contribution < 1.29 is 19.4 Å². The van der Waals surface area contributed by atoms with Gasteiger partial charge >= 0.3 is 12.0 Å². The fourth-order valence-electron chi connectivity index (χ4n) is 1.66. The van der Waals surface area contributed by atoms with Gasteiger partial charge in [-0.3, -0.25) is 4.79 Å². The van der Waals surface area contributed by atoms with Crippen molar-refractivity contribution in [3.8, 4) is 0 Å². The highest BCUT2D eigenvalue weighted by molar-refractivity contribution is 5.75. The fraction of sp³-hybridized carbons (Fsp3) is 0.857. The average molecular weight is 288 g/mol. The van der Waals surface area contributed by atoms with Crippen LogP contribution in [0.15, 0.2) is 0 Å². The Hall–Kier alpha value is -1.30. The number of carboxylic acids is 1. The van der Waals surface area contributed by atoms with Gasteiger partial charge in [0.1, 0.15) is 0 Å². The van der Waals surface area contributed by atoms with Crippen molar-refractivity contribution in [1.29, 1.82) is 0 Å². The monoisotopic (exact) mass is 288 g/mol. The first-order valence-corrected chi connectivity index (χ1v) is 6.93. The molecule has 6 heteroatoms. The predicted molar refractivity (Wildman–Crippen MR) is 77.6 cm³/mol. The van der Waals surface area contributed by atoms with Crippen LogP contribution < -0.4 is 10.6 Å². The molecule has 0 fully saturated rings. The fourth-order valence-corrected chi connectivity index (χ4v) is 1.66. The Morgan fingerprint density at radius 1 is 1.25 bits per heavy atom. The van der Waals surface area contributed by atoms with Gasteiger partial charge in [-0.05, 0) is 17.8 Å². The Kier molecular flexibility index (Phi) is 8.22. The maximum atomic E-state index is 11.7. The lowest BCUT2D eigenvalue weighted by molar-refractivity contribution is -0.142. The van der Waals surface area contributed by atoms with Crippen LogP contribution in [-0.4, -0.2) is 43.9 Å². The van der Waals surface area contributed by atoms with Crippen molar-refractivity contribution in [3.05, 3.63) is 0 Å². The minimum Gasteiger partial charge on any atom is -0.481 e. The Labute approximate surface area is 121 Å². The number of hydrogen-bond acceptors (Lipinski definition) is 3. The van der Waals surface area contributed by atoms with E-state index in [-0.39, 0.29) is 23.9 Å². The number of carbonyl (C=O) groups excluding carboxylic acids is 1. The van der Waals surface area contributed by atoms with Crippen molar-refractivity contribution in [2.45, 2.75) is 34.1 Å². The number of methoxy groups -OCH3 is 1. The molecule has 2 amide bonds. The molecule has 0 saturated heterocycles. The minimum atomic E-state index is -0.888. The summed E-state index contributed by atoms with van der Waals surface area (Å²) in [6.45, 7) is 9.03. The molecule has 0 aliphatic carbocycles. The van der Waals surface area contributed by atoms with E-state index in [1.807, 2.05) is 27.7 Å². The third-order valence-corrected chi connectivity index (χ3v) is 3.31. The van der Waals surface area contributed by atoms with E-state index in [4.69, 9.17) is 9.84 Å². The predicted octanol–water partition coefficient (Wildman–Crippen LogP) is 1.71. The molecule has 0 saturated carbocycles. The lowest BCUT2D eigenvalue weighted by Crippen LogP contribution is -2.44. The minimum absolute atomic E-state index is 0.0223. The van der Waals surface area contributed by atoms with E-state index in [0.29, 0.717) is 13.2 Å².